The largest absolute Gasteiger partial charge is 0.319 e. The van der Waals surface area contributed by atoms with Crippen molar-refractivity contribution in [2.24, 2.45) is 5.84 Å². The second kappa shape index (κ2) is 2.54. The van der Waals surface area contributed by atoms with E-state index in [1.807, 2.05) is 12.8 Å². The van der Waals surface area contributed by atoms with E-state index in [2.05, 4.69) is 5.53 Å². The quantitative estimate of drug-likeness (QED) is 0.251. The van der Waals surface area contributed by atoms with E-state index in [4.69, 9.17) is 5.84 Å². The Kier molecular flexibility index (Phi) is 1.96. The third-order valence-corrected chi connectivity index (χ3v) is 1.19. The first-order valence-electron chi connectivity index (χ1n) is 2.79. The lowest BCUT2D eigenvalue weighted by Gasteiger charge is -2.29. The topological polar surface area (TPSA) is 44.5 Å². The highest BCUT2D eigenvalue weighted by Gasteiger charge is 2.11. The van der Waals surface area contributed by atoms with Crippen LogP contribution in [0.4, 0.5) is 0 Å². The van der Waals surface area contributed by atoms with Gasteiger partial charge in [-0.25, -0.2) is 10.6 Å². The number of hydrogen-bond acceptors (Lipinski definition) is 4. The molecule has 8 heavy (non-hydrogen) atoms. The predicted octanol–water partition coefficient (Wildman–Crippen LogP) is -3.48. The zero-order chi connectivity index (χ0) is 5.98. The summed E-state index contributed by atoms with van der Waals surface area (Å²) in [5.74, 6) is 5.41. The molecule has 1 fully saturated rings. The van der Waals surface area contributed by atoms with Crippen molar-refractivity contribution in [2.75, 3.05) is 0 Å². The molecule has 0 unspecified atom stereocenters. The van der Waals surface area contributed by atoms with Gasteiger partial charge in [-0.3, -0.25) is 5.84 Å². The summed E-state index contributed by atoms with van der Waals surface area (Å²) in [6.45, 7) is 0. The number of nitrogens with two attached hydrogens (primary N) is 1. The van der Waals surface area contributed by atoms with E-state index in [9.17, 15) is 0 Å². The van der Waals surface area contributed by atoms with Gasteiger partial charge in [0, 0.05) is 0 Å². The standard InChI is InChI=1S/CH9B3N4/c2-7-3-1-4-8(5)6-7/h3-4,6H,1-2,5H2. The maximum absolute atomic E-state index is 5.41. The fraction of sp³-hybridized carbons (Fsp3) is 1.00. The Morgan fingerprint density at radius 1 is 1.62 bits per heavy atom. The highest BCUT2D eigenvalue weighted by molar-refractivity contribution is 6.56. The van der Waals surface area contributed by atoms with Crippen LogP contribution in [0.25, 0.3) is 0 Å². The summed E-state index contributed by atoms with van der Waals surface area (Å²) >= 11 is 0. The maximum Gasteiger partial charge on any atom is 0.240 e. The average molecular weight is 110 g/mol. The molecule has 1 heterocycles. The van der Waals surface area contributed by atoms with Crippen LogP contribution in [0, 0.1) is 0 Å². The molecule has 42 valence electrons. The Bertz CT molecular complexity index is 69.7. The van der Waals surface area contributed by atoms with E-state index in [1.54, 1.807) is 5.03 Å². The lowest BCUT2D eigenvalue weighted by Crippen LogP contribution is -2.59. The molecule has 0 aromatic heterocycles. The van der Waals surface area contributed by atoms with Gasteiger partial charge in [0.2, 0.25) is 14.8 Å². The van der Waals surface area contributed by atoms with Crippen LogP contribution in [0.2, 0.25) is 6.22 Å². The molecule has 0 atom stereocenters. The van der Waals surface area contributed by atoms with Gasteiger partial charge < -0.3 is 4.83 Å². The van der Waals surface area contributed by atoms with Crippen LogP contribution in [0.1, 0.15) is 0 Å². The van der Waals surface area contributed by atoms with Crippen LogP contribution in [-0.2, 0) is 0 Å². The average Bonchev–Trinajstić information content (AvgIpc) is 1.64. The van der Waals surface area contributed by atoms with Gasteiger partial charge in [0.1, 0.15) is 0 Å². The molecule has 0 aromatic carbocycles. The predicted molar refractivity (Wildman–Crippen MR) is 38.7 cm³/mol. The van der Waals surface area contributed by atoms with E-state index in [0.29, 0.717) is 0 Å². The normalized spacial score (nSPS) is 24.1. The maximum atomic E-state index is 5.41. The summed E-state index contributed by atoms with van der Waals surface area (Å²) in [7, 11) is 3.98. The first-order valence-corrected chi connectivity index (χ1v) is 2.79. The molecule has 1 rings (SSSR count). The lowest BCUT2D eigenvalue weighted by molar-refractivity contribution is 0.236. The molecule has 7 heteroatoms. The molecular weight excluding hydrogens is 100 g/mol. The summed E-state index contributed by atoms with van der Waals surface area (Å²) in [4.78, 5) is 1.96. The minimum atomic E-state index is 0.935. The Labute approximate surface area is 51.2 Å². The van der Waals surface area contributed by atoms with Gasteiger partial charge in [0.15, 0.2) is 7.98 Å². The van der Waals surface area contributed by atoms with Gasteiger partial charge in [-0.15, -0.1) is 0 Å². The Hall–Kier alpha value is 0.0348. The molecule has 4 nitrogen and oxygen atoms in total. The Balaban J connectivity index is 2.23. The number of nitrogens with zero attached hydrogens (tertiary/aromatic N) is 2. The molecule has 1 saturated heterocycles. The van der Waals surface area contributed by atoms with E-state index in [1.165, 1.54) is 0 Å². The van der Waals surface area contributed by atoms with Gasteiger partial charge in [0.05, 0.1) is 0 Å². The van der Waals surface area contributed by atoms with Crippen molar-refractivity contribution in [3.63, 3.8) is 0 Å². The molecule has 0 saturated carbocycles. The molecule has 0 aromatic rings. The first-order chi connectivity index (χ1) is 3.79. The van der Waals surface area contributed by atoms with Crippen molar-refractivity contribution >= 4 is 22.8 Å². The van der Waals surface area contributed by atoms with Crippen molar-refractivity contribution in [3.8, 4) is 0 Å². The Morgan fingerprint density at radius 3 is 2.75 bits per heavy atom. The molecule has 1 aliphatic rings. The smallest absolute Gasteiger partial charge is 0.240 e. The third kappa shape index (κ3) is 1.52. The van der Waals surface area contributed by atoms with Crippen LogP contribution in [-0.4, -0.2) is 32.7 Å². The van der Waals surface area contributed by atoms with Crippen molar-refractivity contribution < 1.29 is 0 Å². The molecule has 0 spiro atoms. The highest BCUT2D eigenvalue weighted by atomic mass is 15.8. The number of nitrogens with one attached hydrogen (secondary N) is 1. The molecule has 0 amide bonds. The van der Waals surface area contributed by atoms with Crippen LogP contribution < -0.4 is 11.4 Å². The van der Waals surface area contributed by atoms with Crippen LogP contribution in [0.5, 0.6) is 0 Å². The monoisotopic (exact) mass is 110 g/mol. The highest BCUT2D eigenvalue weighted by Crippen LogP contribution is 1.86. The van der Waals surface area contributed by atoms with E-state index in [0.717, 1.165) is 21.0 Å². The minimum absolute atomic E-state index is 0.935. The summed E-state index contributed by atoms with van der Waals surface area (Å²) in [5, 5.41) is 1.59. The van der Waals surface area contributed by atoms with E-state index < -0.39 is 0 Å². The molecular formula is CH9B3N4. The second-order valence-electron chi connectivity index (χ2n) is 2.07. The number of hydrogen-bond donors (Lipinski definition) is 2. The van der Waals surface area contributed by atoms with Gasteiger partial charge in [-0.1, -0.05) is 6.22 Å². The van der Waals surface area contributed by atoms with Crippen molar-refractivity contribution in [1.29, 1.82) is 0 Å². The van der Waals surface area contributed by atoms with Crippen molar-refractivity contribution in [1.82, 2.24) is 15.4 Å². The van der Waals surface area contributed by atoms with Crippen LogP contribution in [0.15, 0.2) is 0 Å². The third-order valence-electron chi connectivity index (χ3n) is 1.19. The molecule has 0 radical (unpaired) electrons. The van der Waals surface area contributed by atoms with Gasteiger partial charge in [-0.2, -0.15) is 0 Å². The lowest BCUT2D eigenvalue weighted by atomic mass is 9.66. The summed E-state index contributed by atoms with van der Waals surface area (Å²) in [5.41, 5.74) is 2.92. The minimum Gasteiger partial charge on any atom is -0.319 e. The fourth-order valence-corrected chi connectivity index (χ4v) is 0.797. The van der Waals surface area contributed by atoms with E-state index in [-0.39, 0.29) is 0 Å². The van der Waals surface area contributed by atoms with Crippen LogP contribution in [0.3, 0.4) is 0 Å². The van der Waals surface area contributed by atoms with Gasteiger partial charge >= 0.3 is 0 Å². The summed E-state index contributed by atoms with van der Waals surface area (Å²) < 4.78 is 0. The van der Waals surface area contributed by atoms with E-state index >= 15 is 0 Å². The SMILES string of the molecule is BN1BCBN(N)N1. The molecule has 0 aliphatic carbocycles. The number of rotatable bonds is 0. The zero-order valence-corrected chi connectivity index (χ0v) is 5.09. The molecule has 3 N–H and O–H groups in total. The molecule has 0 bridgehead atoms. The van der Waals surface area contributed by atoms with Crippen molar-refractivity contribution in [2.45, 2.75) is 6.22 Å². The van der Waals surface area contributed by atoms with Crippen LogP contribution >= 0.6 is 0 Å². The van der Waals surface area contributed by atoms with Crippen molar-refractivity contribution in [3.05, 3.63) is 0 Å². The number of hydrazine groups is 3. The first kappa shape index (κ1) is 6.16. The Morgan fingerprint density at radius 2 is 2.38 bits per heavy atom. The molecule has 1 aliphatic heterocycles. The fourth-order valence-electron chi connectivity index (χ4n) is 0.797. The summed E-state index contributed by atoms with van der Waals surface area (Å²) in [6.07, 6.45) is 1.14. The van der Waals surface area contributed by atoms with Gasteiger partial charge in [0.25, 0.3) is 0 Å². The zero-order valence-electron chi connectivity index (χ0n) is 5.09. The summed E-state index contributed by atoms with van der Waals surface area (Å²) in [6, 6.07) is 0. The van der Waals surface area contributed by atoms with Gasteiger partial charge in [-0.05, 0) is 0 Å². The second-order valence-corrected chi connectivity index (χ2v) is 2.07.